The molecule has 4 rings (SSSR count). The summed E-state index contributed by atoms with van der Waals surface area (Å²) in [6, 6.07) is -1.28. The number of rotatable bonds is 6. The van der Waals surface area contributed by atoms with Gasteiger partial charge in [-0.2, -0.15) is 0 Å². The van der Waals surface area contributed by atoms with E-state index in [1.54, 1.807) is 28.6 Å². The second-order valence-corrected chi connectivity index (χ2v) is 15.7. The number of nitrogens with zero attached hydrogens (tertiary/aromatic N) is 3. The number of likely N-dealkylation sites (tertiary alicyclic amines) is 1. The van der Waals surface area contributed by atoms with Crippen LogP contribution >= 0.6 is 11.8 Å². The lowest BCUT2D eigenvalue weighted by Gasteiger charge is -2.46. The molecule has 0 aromatic heterocycles. The highest BCUT2D eigenvalue weighted by Gasteiger charge is 2.74. The van der Waals surface area contributed by atoms with Crippen molar-refractivity contribution in [1.82, 2.24) is 14.7 Å². The third-order valence-corrected chi connectivity index (χ3v) is 11.0. The van der Waals surface area contributed by atoms with Gasteiger partial charge in [-0.25, -0.2) is 0 Å². The zero-order chi connectivity index (χ0) is 28.4. The molecule has 8 heteroatoms. The highest BCUT2D eigenvalue weighted by molar-refractivity contribution is 8.02. The largest absolute Gasteiger partial charge is 0.394 e. The van der Waals surface area contributed by atoms with Gasteiger partial charge in [-0.15, -0.1) is 11.8 Å². The van der Waals surface area contributed by atoms with E-state index in [9.17, 15) is 19.5 Å². The summed E-state index contributed by atoms with van der Waals surface area (Å²) < 4.78 is -1.50. The number of fused-ring (bicyclic) bond motifs is 2. The molecule has 1 unspecified atom stereocenters. The molecule has 0 radical (unpaired) electrons. The van der Waals surface area contributed by atoms with Crippen LogP contribution in [0.25, 0.3) is 0 Å². The van der Waals surface area contributed by atoms with Crippen molar-refractivity contribution in [2.75, 3.05) is 26.7 Å². The molecule has 0 bridgehead atoms. The van der Waals surface area contributed by atoms with Gasteiger partial charge in [0.2, 0.25) is 17.7 Å². The van der Waals surface area contributed by atoms with E-state index in [0.29, 0.717) is 13.1 Å². The highest BCUT2D eigenvalue weighted by atomic mass is 32.2. The van der Waals surface area contributed by atoms with E-state index >= 15 is 0 Å². The predicted octanol–water partition coefficient (Wildman–Crippen LogP) is 3.72. The van der Waals surface area contributed by atoms with Crippen LogP contribution in [0, 0.1) is 23.2 Å². The van der Waals surface area contributed by atoms with Crippen LogP contribution in [0.1, 0.15) is 68.2 Å². The second kappa shape index (κ2) is 9.69. The zero-order valence-corrected chi connectivity index (χ0v) is 25.5. The van der Waals surface area contributed by atoms with Crippen LogP contribution in [0.5, 0.6) is 0 Å². The molecular formula is C30H47N3O4S. The van der Waals surface area contributed by atoms with Gasteiger partial charge in [-0.3, -0.25) is 14.4 Å². The number of hydrogen-bond donors (Lipinski definition) is 1. The number of thioether (sulfide) groups is 1. The summed E-state index contributed by atoms with van der Waals surface area (Å²) in [5.74, 6) is -1.58. The quantitative estimate of drug-likeness (QED) is 0.515. The number of amides is 3. The third kappa shape index (κ3) is 4.43. The molecule has 4 heterocycles. The summed E-state index contributed by atoms with van der Waals surface area (Å²) in [5.41, 5.74) is -0.448. The SMILES string of the molecule is CC[C@H](C)[C@H](CO)N1C(=O)[C@@H]2[C@@H]3C(=O)N(C)CC=C[C@]3(C)S[C@@]23C=CCN(C(C)(C)CC(C)(C)C)C(=O)C13. The Labute approximate surface area is 233 Å². The van der Waals surface area contributed by atoms with Crippen LogP contribution in [0.2, 0.25) is 0 Å². The lowest BCUT2D eigenvalue weighted by atomic mass is 9.74. The van der Waals surface area contributed by atoms with Crippen molar-refractivity contribution in [1.29, 1.82) is 0 Å². The topological polar surface area (TPSA) is 81.2 Å². The predicted molar refractivity (Wildman–Crippen MR) is 152 cm³/mol. The Kier molecular flexibility index (Phi) is 7.44. The lowest BCUT2D eigenvalue weighted by Crippen LogP contribution is -2.61. The van der Waals surface area contributed by atoms with E-state index < -0.39 is 39.0 Å². The van der Waals surface area contributed by atoms with Crippen LogP contribution in [0.4, 0.5) is 0 Å². The van der Waals surface area contributed by atoms with Crippen LogP contribution in [0.15, 0.2) is 24.3 Å². The molecule has 4 aliphatic rings. The molecule has 2 saturated heterocycles. The maximum atomic E-state index is 14.8. The number of aliphatic hydroxyl groups is 1. The van der Waals surface area contributed by atoms with Gasteiger partial charge in [0.25, 0.3) is 0 Å². The Morgan fingerprint density at radius 3 is 2.24 bits per heavy atom. The van der Waals surface area contributed by atoms with E-state index in [-0.39, 0.29) is 35.7 Å². The van der Waals surface area contributed by atoms with Gasteiger partial charge in [0.1, 0.15) is 6.04 Å². The molecule has 3 amide bonds. The minimum atomic E-state index is -0.890. The fourth-order valence-corrected chi connectivity index (χ4v) is 9.84. The van der Waals surface area contributed by atoms with Gasteiger partial charge in [-0.1, -0.05) is 65.3 Å². The Morgan fingerprint density at radius 1 is 1.03 bits per heavy atom. The van der Waals surface area contributed by atoms with Crippen molar-refractivity contribution in [3.8, 4) is 0 Å². The monoisotopic (exact) mass is 545 g/mol. The van der Waals surface area contributed by atoms with E-state index in [4.69, 9.17) is 0 Å². The summed E-state index contributed by atoms with van der Waals surface area (Å²) in [7, 11) is 1.78. The average Bonchev–Trinajstić information content (AvgIpc) is 3.07. The molecular weight excluding hydrogens is 498 g/mol. The minimum Gasteiger partial charge on any atom is -0.394 e. The fourth-order valence-electron chi connectivity index (χ4n) is 7.69. The average molecular weight is 546 g/mol. The second-order valence-electron chi connectivity index (χ2n) is 13.9. The normalized spacial score (nSPS) is 35.2. The molecule has 4 aliphatic heterocycles. The van der Waals surface area contributed by atoms with E-state index in [2.05, 4.69) is 46.8 Å². The van der Waals surface area contributed by atoms with Gasteiger partial charge in [0, 0.05) is 30.4 Å². The molecule has 0 aliphatic carbocycles. The smallest absolute Gasteiger partial charge is 0.247 e. The number of likely N-dealkylation sites (N-methyl/N-ethyl adjacent to an activating group) is 1. The Morgan fingerprint density at radius 2 is 1.66 bits per heavy atom. The number of hydrogen-bond acceptors (Lipinski definition) is 5. The molecule has 1 N–H and O–H groups in total. The fraction of sp³-hybridized carbons (Fsp3) is 0.767. The van der Waals surface area contributed by atoms with Crippen LogP contribution in [-0.2, 0) is 14.4 Å². The minimum absolute atomic E-state index is 0.000138. The maximum Gasteiger partial charge on any atom is 0.247 e. The van der Waals surface area contributed by atoms with Gasteiger partial charge in [0.05, 0.1) is 29.2 Å². The first kappa shape index (κ1) is 29.2. The molecule has 0 aromatic rings. The summed E-state index contributed by atoms with van der Waals surface area (Å²) in [6.45, 7) is 17.6. The number of carbonyl (C=O) groups is 3. The van der Waals surface area contributed by atoms with Crippen LogP contribution in [-0.4, -0.2) is 91.4 Å². The summed E-state index contributed by atoms with van der Waals surface area (Å²) in [5, 5.41) is 10.6. The van der Waals surface area contributed by atoms with Gasteiger partial charge in [0.15, 0.2) is 0 Å². The summed E-state index contributed by atoms with van der Waals surface area (Å²) in [6.07, 6.45) is 9.77. The van der Waals surface area contributed by atoms with Crippen molar-refractivity contribution >= 4 is 29.5 Å². The summed E-state index contributed by atoms with van der Waals surface area (Å²) >= 11 is 1.60. The van der Waals surface area contributed by atoms with Crippen molar-refractivity contribution < 1.29 is 19.5 Å². The van der Waals surface area contributed by atoms with Crippen LogP contribution in [0.3, 0.4) is 0 Å². The highest BCUT2D eigenvalue weighted by Crippen LogP contribution is 2.66. The van der Waals surface area contributed by atoms with Gasteiger partial charge in [-0.05, 0) is 38.5 Å². The van der Waals surface area contributed by atoms with Gasteiger partial charge >= 0.3 is 0 Å². The van der Waals surface area contributed by atoms with Crippen LogP contribution < -0.4 is 0 Å². The van der Waals surface area contributed by atoms with E-state index in [1.807, 2.05) is 37.8 Å². The molecule has 7 atom stereocenters. The Balaban J connectivity index is 1.91. The molecule has 38 heavy (non-hydrogen) atoms. The molecule has 212 valence electrons. The van der Waals surface area contributed by atoms with Crippen molar-refractivity contribution in [3.05, 3.63) is 24.3 Å². The van der Waals surface area contributed by atoms with Crippen molar-refractivity contribution in [3.63, 3.8) is 0 Å². The molecule has 7 nitrogen and oxygen atoms in total. The third-order valence-electron chi connectivity index (χ3n) is 9.24. The van der Waals surface area contributed by atoms with Crippen molar-refractivity contribution in [2.24, 2.45) is 23.2 Å². The van der Waals surface area contributed by atoms with E-state index in [0.717, 1.165) is 12.8 Å². The molecule has 0 saturated carbocycles. The lowest BCUT2D eigenvalue weighted by molar-refractivity contribution is -0.150. The zero-order valence-electron chi connectivity index (χ0n) is 24.7. The molecule has 2 fully saturated rings. The summed E-state index contributed by atoms with van der Waals surface area (Å²) in [4.78, 5) is 48.5. The Bertz CT molecular complexity index is 1050. The number of aliphatic hydroxyl groups excluding tert-OH is 1. The number of carbonyl (C=O) groups excluding carboxylic acids is 3. The van der Waals surface area contributed by atoms with E-state index in [1.165, 1.54) is 0 Å². The Hall–Kier alpha value is -1.80. The molecule has 0 aromatic carbocycles. The van der Waals surface area contributed by atoms with Crippen molar-refractivity contribution in [2.45, 2.75) is 95.3 Å². The first-order valence-electron chi connectivity index (χ1n) is 14.1. The standard InChI is InChI=1S/C30H47N3O4S/c1-10-19(2)20(17-34)33-23-26(37)32(28(6,7)18-27(3,4)5)16-12-14-30(23)22(25(33)36)21-24(35)31(9)15-11-13-29(21,8)38-30/h11-14,19-23,34H,10,15-18H2,1-9H3/t19-,20-,21+,22-,23?,29-,30-/m0/s1. The van der Waals surface area contributed by atoms with Gasteiger partial charge < -0.3 is 19.8 Å². The molecule has 1 spiro atoms. The first-order valence-corrected chi connectivity index (χ1v) is 14.9. The first-order chi connectivity index (χ1) is 17.5. The maximum absolute atomic E-state index is 14.8.